The number of thiazole rings is 1. The zero-order chi connectivity index (χ0) is 16.4. The minimum Gasteiger partial charge on any atom is -0.276 e. The van der Waals surface area contributed by atoms with E-state index in [1.807, 2.05) is 19.2 Å². The van der Waals surface area contributed by atoms with Crippen LogP contribution in [0.5, 0.6) is 0 Å². The van der Waals surface area contributed by atoms with Crippen LogP contribution in [-0.2, 0) is 16.1 Å². The number of likely N-dealkylation sites (tertiary alicyclic amines) is 1. The third-order valence-electron chi connectivity index (χ3n) is 5.69. The predicted octanol–water partition coefficient (Wildman–Crippen LogP) is 4.26. The van der Waals surface area contributed by atoms with Gasteiger partial charge in [-0.25, -0.2) is 4.98 Å². The molecule has 2 amide bonds. The number of carbonyl (C=O) groups is 2. The Morgan fingerprint density at radius 1 is 1.22 bits per heavy atom. The molecule has 0 atom stereocenters. The Balaban J connectivity index is 1.71. The van der Waals surface area contributed by atoms with E-state index < -0.39 is 5.41 Å². The van der Waals surface area contributed by atoms with Crippen molar-refractivity contribution in [3.8, 4) is 0 Å². The Labute approximate surface area is 142 Å². The summed E-state index contributed by atoms with van der Waals surface area (Å²) in [6.07, 6.45) is 8.19. The number of imide groups is 1. The van der Waals surface area contributed by atoms with Gasteiger partial charge in [0.15, 0.2) is 0 Å². The highest BCUT2D eigenvalue weighted by Crippen LogP contribution is 2.40. The second kappa shape index (κ2) is 6.71. The molecule has 0 spiro atoms. The lowest BCUT2D eigenvalue weighted by Gasteiger charge is -2.23. The van der Waals surface area contributed by atoms with E-state index in [9.17, 15) is 9.59 Å². The predicted molar refractivity (Wildman–Crippen MR) is 91.1 cm³/mol. The van der Waals surface area contributed by atoms with E-state index in [2.05, 4.69) is 0 Å². The smallest absolute Gasteiger partial charge is 0.236 e. The summed E-state index contributed by atoms with van der Waals surface area (Å²) in [7, 11) is 0. The first-order valence-electron chi connectivity index (χ1n) is 8.88. The number of nitrogens with zero attached hydrogens (tertiary/aromatic N) is 2. The molecule has 1 aromatic heterocycles. The second-order valence-corrected chi connectivity index (χ2v) is 7.85. The summed E-state index contributed by atoms with van der Waals surface area (Å²) in [6, 6.07) is 0. The largest absolute Gasteiger partial charge is 0.276 e. The van der Waals surface area contributed by atoms with E-state index in [0.29, 0.717) is 18.9 Å². The minimum atomic E-state index is -0.473. The van der Waals surface area contributed by atoms with Gasteiger partial charge in [0, 0.05) is 17.7 Å². The molecule has 5 heteroatoms. The number of hydrogen-bond donors (Lipinski definition) is 0. The molecule has 2 heterocycles. The van der Waals surface area contributed by atoms with Crippen molar-refractivity contribution in [3.63, 3.8) is 0 Å². The highest BCUT2D eigenvalue weighted by Gasteiger charge is 2.49. The van der Waals surface area contributed by atoms with Crippen LogP contribution in [0.25, 0.3) is 0 Å². The minimum absolute atomic E-state index is 0.000263. The van der Waals surface area contributed by atoms with E-state index in [4.69, 9.17) is 4.98 Å². The van der Waals surface area contributed by atoms with Crippen LogP contribution in [0.2, 0.25) is 0 Å². The zero-order valence-corrected chi connectivity index (χ0v) is 15.0. The average Bonchev–Trinajstić information content (AvgIpc) is 3.14. The van der Waals surface area contributed by atoms with Gasteiger partial charge in [0.05, 0.1) is 22.7 Å². The van der Waals surface area contributed by atoms with Crippen molar-refractivity contribution in [2.24, 2.45) is 5.41 Å². The zero-order valence-electron chi connectivity index (χ0n) is 14.1. The molecule has 0 aromatic carbocycles. The SMILES string of the molecule is CCC1(CC)CC(=O)N(Cc2csc(C3CCCCC3)n2)C1=O. The number of carbonyl (C=O) groups excluding carboxylic acids is 2. The maximum Gasteiger partial charge on any atom is 0.236 e. The first-order chi connectivity index (χ1) is 11.1. The van der Waals surface area contributed by atoms with Crippen LogP contribution in [0.15, 0.2) is 5.38 Å². The molecule has 126 valence electrons. The fourth-order valence-corrected chi connectivity index (χ4v) is 4.90. The van der Waals surface area contributed by atoms with Crippen molar-refractivity contribution < 1.29 is 9.59 Å². The molecule has 0 unspecified atom stereocenters. The maximum atomic E-state index is 12.7. The highest BCUT2D eigenvalue weighted by atomic mass is 32.1. The van der Waals surface area contributed by atoms with Gasteiger partial charge in [-0.15, -0.1) is 11.3 Å². The third-order valence-corrected chi connectivity index (χ3v) is 6.74. The van der Waals surface area contributed by atoms with Crippen molar-refractivity contribution >= 4 is 23.2 Å². The molecule has 0 bridgehead atoms. The molecule has 2 fully saturated rings. The van der Waals surface area contributed by atoms with Gasteiger partial charge in [-0.2, -0.15) is 0 Å². The van der Waals surface area contributed by atoms with Crippen molar-refractivity contribution in [1.82, 2.24) is 9.88 Å². The first-order valence-corrected chi connectivity index (χ1v) is 9.76. The van der Waals surface area contributed by atoms with Crippen LogP contribution in [-0.4, -0.2) is 21.7 Å². The molecule has 3 rings (SSSR count). The van der Waals surface area contributed by atoms with Crippen LogP contribution >= 0.6 is 11.3 Å². The van der Waals surface area contributed by atoms with Gasteiger partial charge < -0.3 is 0 Å². The number of amides is 2. The fourth-order valence-electron chi connectivity index (χ4n) is 3.92. The lowest BCUT2D eigenvalue weighted by atomic mass is 9.81. The van der Waals surface area contributed by atoms with Crippen LogP contribution in [0.1, 0.15) is 81.8 Å². The van der Waals surface area contributed by atoms with E-state index in [0.717, 1.165) is 18.5 Å². The molecule has 1 saturated carbocycles. The lowest BCUT2D eigenvalue weighted by Crippen LogP contribution is -2.34. The average molecular weight is 334 g/mol. The summed E-state index contributed by atoms with van der Waals surface area (Å²) in [6.45, 7) is 4.35. The molecule has 23 heavy (non-hydrogen) atoms. The fraction of sp³-hybridized carbons (Fsp3) is 0.722. The molecule has 4 nitrogen and oxygen atoms in total. The van der Waals surface area contributed by atoms with E-state index in [-0.39, 0.29) is 11.8 Å². The third kappa shape index (κ3) is 3.08. The lowest BCUT2D eigenvalue weighted by molar-refractivity contribution is -0.142. The van der Waals surface area contributed by atoms with E-state index >= 15 is 0 Å². The second-order valence-electron chi connectivity index (χ2n) is 6.96. The van der Waals surface area contributed by atoms with E-state index in [1.54, 1.807) is 11.3 Å². The number of hydrogen-bond acceptors (Lipinski definition) is 4. The summed E-state index contributed by atoms with van der Waals surface area (Å²) in [4.78, 5) is 31.2. The van der Waals surface area contributed by atoms with Crippen molar-refractivity contribution in [2.45, 2.75) is 77.7 Å². The molecule has 1 aromatic rings. The van der Waals surface area contributed by atoms with Gasteiger partial charge in [0.2, 0.25) is 11.8 Å². The van der Waals surface area contributed by atoms with Gasteiger partial charge in [-0.1, -0.05) is 33.1 Å². The molecular weight excluding hydrogens is 308 g/mol. The van der Waals surface area contributed by atoms with Gasteiger partial charge in [-0.05, 0) is 25.7 Å². The Morgan fingerprint density at radius 3 is 2.52 bits per heavy atom. The summed E-state index contributed by atoms with van der Waals surface area (Å²) in [5.74, 6) is 0.545. The van der Waals surface area contributed by atoms with Crippen LogP contribution in [0.3, 0.4) is 0 Å². The quantitative estimate of drug-likeness (QED) is 0.756. The normalized spacial score (nSPS) is 22.1. The molecule has 0 radical (unpaired) electrons. The Hall–Kier alpha value is -1.23. The molecule has 1 aliphatic carbocycles. The molecule has 2 aliphatic rings. The van der Waals surface area contributed by atoms with Gasteiger partial charge in [-0.3, -0.25) is 14.5 Å². The van der Waals surface area contributed by atoms with Crippen molar-refractivity contribution in [1.29, 1.82) is 0 Å². The molecule has 1 saturated heterocycles. The first kappa shape index (κ1) is 16.6. The molecular formula is C18H26N2O2S. The molecule has 0 N–H and O–H groups in total. The standard InChI is InChI=1S/C18H26N2O2S/c1-3-18(4-2)10-15(21)20(17(18)22)11-14-12-23-16(19-14)13-8-6-5-7-9-13/h12-13H,3-11H2,1-2H3. The van der Waals surface area contributed by atoms with Gasteiger partial charge >= 0.3 is 0 Å². The van der Waals surface area contributed by atoms with Gasteiger partial charge in [0.1, 0.15) is 0 Å². The summed E-state index contributed by atoms with van der Waals surface area (Å²) < 4.78 is 0. The Kier molecular flexibility index (Phi) is 4.85. The van der Waals surface area contributed by atoms with Crippen molar-refractivity contribution in [3.05, 3.63) is 16.1 Å². The summed E-state index contributed by atoms with van der Waals surface area (Å²) in [5, 5.41) is 3.22. The van der Waals surface area contributed by atoms with Gasteiger partial charge in [0.25, 0.3) is 0 Å². The number of rotatable bonds is 5. The van der Waals surface area contributed by atoms with E-state index in [1.165, 1.54) is 42.0 Å². The van der Waals surface area contributed by atoms with Crippen LogP contribution < -0.4 is 0 Å². The highest BCUT2D eigenvalue weighted by molar-refractivity contribution is 7.09. The maximum absolute atomic E-state index is 12.7. The van der Waals surface area contributed by atoms with Crippen LogP contribution in [0, 0.1) is 5.41 Å². The Morgan fingerprint density at radius 2 is 1.91 bits per heavy atom. The molecule has 1 aliphatic heterocycles. The monoisotopic (exact) mass is 334 g/mol. The van der Waals surface area contributed by atoms with Crippen molar-refractivity contribution in [2.75, 3.05) is 0 Å². The topological polar surface area (TPSA) is 50.3 Å². The number of aromatic nitrogens is 1. The Bertz CT molecular complexity index is 586. The summed E-state index contributed by atoms with van der Waals surface area (Å²) in [5.41, 5.74) is 0.402. The summed E-state index contributed by atoms with van der Waals surface area (Å²) >= 11 is 1.69. The van der Waals surface area contributed by atoms with Crippen LogP contribution in [0.4, 0.5) is 0 Å².